The van der Waals surface area contributed by atoms with Crippen molar-refractivity contribution in [2.75, 3.05) is 33.5 Å². The number of rotatable bonds is 13. The Balaban J connectivity index is 1.98. The van der Waals surface area contributed by atoms with Gasteiger partial charge in [0, 0.05) is 13.7 Å². The molecule has 0 spiro atoms. The number of ether oxygens (including phenoxy) is 3. The van der Waals surface area contributed by atoms with Crippen molar-refractivity contribution in [2.24, 2.45) is 5.92 Å². The number of allylic oxidation sites excluding steroid dienone is 1. The van der Waals surface area contributed by atoms with Crippen LogP contribution in [0.4, 0.5) is 0 Å². The van der Waals surface area contributed by atoms with Gasteiger partial charge in [0.15, 0.2) is 23.0 Å². The summed E-state index contributed by atoms with van der Waals surface area (Å²) in [6.07, 6.45) is 3.95. The molecule has 0 saturated heterocycles. The van der Waals surface area contributed by atoms with Crippen molar-refractivity contribution in [1.29, 1.82) is 0 Å². The maximum Gasteiger partial charge on any atom is 0.290 e. The number of methoxy groups -OCH3 is 1. The molecule has 0 saturated carbocycles. The Morgan fingerprint density at radius 2 is 1.83 bits per heavy atom. The number of amides is 1. The number of aliphatic hydroxyl groups is 1. The van der Waals surface area contributed by atoms with E-state index in [0.29, 0.717) is 36.2 Å². The van der Waals surface area contributed by atoms with Crippen molar-refractivity contribution in [3.63, 3.8) is 0 Å². The molecule has 1 N–H and O–H groups in total. The highest BCUT2D eigenvalue weighted by Crippen LogP contribution is 2.41. The lowest BCUT2D eigenvalue weighted by molar-refractivity contribution is -0.130. The van der Waals surface area contributed by atoms with Gasteiger partial charge < -0.3 is 24.2 Å². The normalized spacial score (nSPS) is 15.9. The van der Waals surface area contributed by atoms with Crippen molar-refractivity contribution < 1.29 is 28.9 Å². The first-order valence-electron chi connectivity index (χ1n) is 12.3. The Hall–Kier alpha value is -3.58. The van der Waals surface area contributed by atoms with Gasteiger partial charge in [0.1, 0.15) is 0 Å². The second-order valence-electron chi connectivity index (χ2n) is 8.93. The monoisotopic (exact) mass is 493 g/mol. The summed E-state index contributed by atoms with van der Waals surface area (Å²) >= 11 is 0. The second kappa shape index (κ2) is 12.9. The average Bonchev–Trinajstić information content (AvgIpc) is 3.12. The van der Waals surface area contributed by atoms with E-state index in [9.17, 15) is 14.7 Å². The van der Waals surface area contributed by atoms with Crippen LogP contribution in [0.1, 0.15) is 44.4 Å². The number of benzene rings is 2. The molecule has 36 heavy (non-hydrogen) atoms. The largest absolute Gasteiger partial charge is 0.503 e. The van der Waals surface area contributed by atoms with Crippen LogP contribution in [-0.2, 0) is 14.3 Å². The van der Waals surface area contributed by atoms with Crippen LogP contribution in [0, 0.1) is 5.92 Å². The van der Waals surface area contributed by atoms with Crippen LogP contribution in [0.3, 0.4) is 0 Å². The summed E-state index contributed by atoms with van der Waals surface area (Å²) < 4.78 is 17.0. The molecule has 7 nitrogen and oxygen atoms in total. The molecule has 0 bridgehead atoms. The van der Waals surface area contributed by atoms with Crippen molar-refractivity contribution in [3.05, 3.63) is 77.1 Å². The first-order valence-corrected chi connectivity index (χ1v) is 12.3. The Labute approximate surface area is 213 Å². The highest BCUT2D eigenvalue weighted by atomic mass is 16.5. The number of nitrogens with zero attached hydrogens (tertiary/aromatic N) is 1. The maximum absolute atomic E-state index is 13.3. The van der Waals surface area contributed by atoms with Crippen LogP contribution in [-0.4, -0.2) is 55.2 Å². The van der Waals surface area contributed by atoms with Crippen molar-refractivity contribution in [2.45, 2.75) is 33.2 Å². The van der Waals surface area contributed by atoms with Crippen LogP contribution < -0.4 is 9.47 Å². The van der Waals surface area contributed by atoms with E-state index in [2.05, 4.69) is 13.8 Å². The molecule has 192 valence electrons. The number of carbonyl (C=O) groups is 2. The van der Waals surface area contributed by atoms with E-state index in [0.717, 1.165) is 12.0 Å². The molecule has 3 rings (SSSR count). The van der Waals surface area contributed by atoms with Gasteiger partial charge in [-0.1, -0.05) is 56.3 Å². The van der Waals surface area contributed by atoms with E-state index in [1.54, 1.807) is 24.3 Å². The molecule has 2 aromatic rings. The summed E-state index contributed by atoms with van der Waals surface area (Å²) in [6, 6.07) is 13.9. The predicted octanol–water partition coefficient (Wildman–Crippen LogP) is 5.13. The van der Waals surface area contributed by atoms with Crippen LogP contribution in [0.5, 0.6) is 11.5 Å². The lowest BCUT2D eigenvalue weighted by Crippen LogP contribution is -2.33. The Bertz CT molecular complexity index is 1110. The van der Waals surface area contributed by atoms with Gasteiger partial charge in [-0.05, 0) is 48.6 Å². The van der Waals surface area contributed by atoms with E-state index < -0.39 is 23.5 Å². The third-order valence-electron chi connectivity index (χ3n) is 5.87. The molecule has 0 aromatic heterocycles. The maximum atomic E-state index is 13.3. The smallest absolute Gasteiger partial charge is 0.290 e. The number of carbonyl (C=O) groups excluding carboxylic acids is 2. The standard InChI is InChI=1S/C29H35NO6/c1-5-35-25-19-22(12-14-24(25)36-17-15-20(2)3)27-26(28(32)29(33)30(27)16-18-34-4)23(31)13-11-21-9-7-6-8-10-21/h6-14,19-20,27,32H,5,15-18H2,1-4H3. The van der Waals surface area contributed by atoms with E-state index in [4.69, 9.17) is 14.2 Å². The molecule has 1 aliphatic rings. The average molecular weight is 494 g/mol. The third-order valence-corrected chi connectivity index (χ3v) is 5.87. The Kier molecular flexibility index (Phi) is 9.70. The van der Waals surface area contributed by atoms with Gasteiger partial charge in [-0.25, -0.2) is 0 Å². The summed E-state index contributed by atoms with van der Waals surface area (Å²) in [5.74, 6) is 0.0295. The molecule has 1 amide bonds. The molecule has 1 heterocycles. The van der Waals surface area contributed by atoms with Crippen LogP contribution in [0.2, 0.25) is 0 Å². The van der Waals surface area contributed by atoms with E-state index >= 15 is 0 Å². The summed E-state index contributed by atoms with van der Waals surface area (Å²) in [4.78, 5) is 27.7. The first kappa shape index (κ1) is 27.0. The minimum absolute atomic E-state index is 0.0270. The van der Waals surface area contributed by atoms with Gasteiger partial charge in [-0.15, -0.1) is 0 Å². The molecular weight excluding hydrogens is 458 g/mol. The molecule has 0 fully saturated rings. The van der Waals surface area contributed by atoms with Crippen molar-refractivity contribution in [3.8, 4) is 11.5 Å². The predicted molar refractivity (Wildman–Crippen MR) is 139 cm³/mol. The van der Waals surface area contributed by atoms with E-state index in [1.807, 2.05) is 37.3 Å². The van der Waals surface area contributed by atoms with E-state index in [-0.39, 0.29) is 18.7 Å². The minimum Gasteiger partial charge on any atom is -0.503 e. The fourth-order valence-corrected chi connectivity index (χ4v) is 3.98. The molecule has 0 radical (unpaired) electrons. The number of aliphatic hydroxyl groups excluding tert-OH is 1. The highest BCUT2D eigenvalue weighted by molar-refractivity contribution is 6.14. The zero-order valence-corrected chi connectivity index (χ0v) is 21.4. The summed E-state index contributed by atoms with van der Waals surface area (Å²) in [7, 11) is 1.54. The lowest BCUT2D eigenvalue weighted by Gasteiger charge is -2.27. The first-order chi connectivity index (χ1) is 17.4. The Morgan fingerprint density at radius 1 is 1.08 bits per heavy atom. The highest BCUT2D eigenvalue weighted by Gasteiger charge is 2.43. The zero-order chi connectivity index (χ0) is 26.1. The quantitative estimate of drug-likeness (QED) is 0.389. The zero-order valence-electron chi connectivity index (χ0n) is 21.4. The van der Waals surface area contributed by atoms with Gasteiger partial charge in [0.25, 0.3) is 5.91 Å². The molecular formula is C29H35NO6. The lowest BCUT2D eigenvalue weighted by atomic mass is 9.95. The van der Waals surface area contributed by atoms with Crippen LogP contribution in [0.25, 0.3) is 6.08 Å². The fraction of sp³-hybridized carbons (Fsp3) is 0.379. The van der Waals surface area contributed by atoms with Gasteiger partial charge in [-0.2, -0.15) is 0 Å². The third kappa shape index (κ3) is 6.55. The van der Waals surface area contributed by atoms with Crippen molar-refractivity contribution in [1.82, 2.24) is 4.90 Å². The Morgan fingerprint density at radius 3 is 2.50 bits per heavy atom. The topological polar surface area (TPSA) is 85.3 Å². The minimum atomic E-state index is -0.788. The van der Waals surface area contributed by atoms with Gasteiger partial charge in [0.2, 0.25) is 0 Å². The summed E-state index contributed by atoms with van der Waals surface area (Å²) in [5, 5.41) is 10.8. The van der Waals surface area contributed by atoms with Crippen molar-refractivity contribution >= 4 is 17.8 Å². The molecule has 2 aromatic carbocycles. The summed E-state index contributed by atoms with van der Waals surface area (Å²) in [5.41, 5.74) is 1.50. The number of hydrogen-bond acceptors (Lipinski definition) is 6. The number of ketones is 1. The molecule has 1 unspecified atom stereocenters. The summed E-state index contributed by atoms with van der Waals surface area (Å²) in [6.45, 7) is 7.58. The van der Waals surface area contributed by atoms with Gasteiger partial charge >= 0.3 is 0 Å². The van der Waals surface area contributed by atoms with Crippen LogP contribution >= 0.6 is 0 Å². The van der Waals surface area contributed by atoms with Crippen LogP contribution in [0.15, 0.2) is 65.9 Å². The molecule has 1 atom stereocenters. The van der Waals surface area contributed by atoms with Gasteiger partial charge in [0.05, 0.1) is 31.4 Å². The molecule has 7 heteroatoms. The fourth-order valence-electron chi connectivity index (χ4n) is 3.98. The second-order valence-corrected chi connectivity index (χ2v) is 8.93. The van der Waals surface area contributed by atoms with Gasteiger partial charge in [-0.3, -0.25) is 9.59 Å². The SMILES string of the molecule is CCOc1cc(C2C(C(=O)C=Cc3ccccc3)=C(O)C(=O)N2CCOC)ccc1OCCC(C)C. The molecule has 1 aliphatic heterocycles. The number of hydrogen-bond donors (Lipinski definition) is 1. The van der Waals surface area contributed by atoms with E-state index in [1.165, 1.54) is 18.1 Å². The molecule has 0 aliphatic carbocycles.